The van der Waals surface area contributed by atoms with Gasteiger partial charge in [-0.25, -0.2) is 0 Å². The van der Waals surface area contributed by atoms with Gasteiger partial charge in [0.05, 0.1) is 11.1 Å². The van der Waals surface area contributed by atoms with Crippen LogP contribution in [0, 0.1) is 5.92 Å². The van der Waals surface area contributed by atoms with Crippen molar-refractivity contribution >= 4 is 27.0 Å². The Labute approximate surface area is 159 Å². The van der Waals surface area contributed by atoms with Gasteiger partial charge in [-0.05, 0) is 30.9 Å². The van der Waals surface area contributed by atoms with Gasteiger partial charge in [-0.1, -0.05) is 18.2 Å². The van der Waals surface area contributed by atoms with Gasteiger partial charge < -0.3 is 4.90 Å². The Morgan fingerprint density at radius 1 is 1.15 bits per heavy atom. The number of hydrogen-bond acceptors (Lipinski definition) is 4. The number of amides is 1. The number of carbonyl (C=O) groups is 1. The summed E-state index contributed by atoms with van der Waals surface area (Å²) in [5, 5.41) is 0.931. The highest BCUT2D eigenvalue weighted by Gasteiger charge is 2.41. The molecule has 2 aromatic rings. The molecule has 1 aromatic heterocycles. The number of piperidine rings is 1. The van der Waals surface area contributed by atoms with Crippen LogP contribution in [-0.4, -0.2) is 72.6 Å². The van der Waals surface area contributed by atoms with Gasteiger partial charge in [0, 0.05) is 51.4 Å². The van der Waals surface area contributed by atoms with Gasteiger partial charge in [-0.2, -0.15) is 17.0 Å². The van der Waals surface area contributed by atoms with Crippen molar-refractivity contribution in [2.24, 2.45) is 5.92 Å². The fourth-order valence-corrected chi connectivity index (χ4v) is 5.28. The van der Waals surface area contributed by atoms with E-state index in [9.17, 15) is 13.2 Å². The first-order valence-electron chi connectivity index (χ1n) is 9.19. The second-order valence-corrected chi connectivity index (χ2v) is 9.72. The van der Waals surface area contributed by atoms with Gasteiger partial charge in [-0.15, -0.1) is 0 Å². The molecule has 0 N–H and O–H groups in total. The van der Waals surface area contributed by atoms with Crippen LogP contribution in [0.5, 0.6) is 0 Å². The summed E-state index contributed by atoms with van der Waals surface area (Å²) in [5.74, 6) is 0.0999. The van der Waals surface area contributed by atoms with E-state index in [2.05, 4.69) is 4.98 Å². The number of hydrogen-bond donors (Lipinski definition) is 0. The van der Waals surface area contributed by atoms with Crippen LogP contribution in [0.1, 0.15) is 23.2 Å². The number of rotatable bonds is 3. The molecule has 0 saturated carbocycles. The molecule has 1 aromatic carbocycles. The second kappa shape index (κ2) is 6.85. The maximum absolute atomic E-state index is 13.2. The fraction of sp³-hybridized carbons (Fsp3) is 0.474. The minimum Gasteiger partial charge on any atom is -0.334 e. The maximum Gasteiger partial charge on any atom is 0.281 e. The first-order valence-corrected chi connectivity index (χ1v) is 10.6. The third kappa shape index (κ3) is 3.33. The van der Waals surface area contributed by atoms with Crippen LogP contribution in [0.25, 0.3) is 10.9 Å². The molecular formula is C19H24N4O3S. The highest BCUT2D eigenvalue weighted by molar-refractivity contribution is 7.86. The predicted molar refractivity (Wildman–Crippen MR) is 103 cm³/mol. The van der Waals surface area contributed by atoms with Crippen LogP contribution in [0.2, 0.25) is 0 Å². The summed E-state index contributed by atoms with van der Waals surface area (Å²) in [4.78, 5) is 19.4. The predicted octanol–water partition coefficient (Wildman–Crippen LogP) is 1.58. The van der Waals surface area contributed by atoms with Crippen molar-refractivity contribution in [3.05, 3.63) is 42.1 Å². The highest BCUT2D eigenvalue weighted by atomic mass is 32.2. The number of benzene rings is 1. The molecule has 2 bridgehead atoms. The van der Waals surface area contributed by atoms with Crippen molar-refractivity contribution < 1.29 is 13.2 Å². The molecule has 3 fully saturated rings. The summed E-state index contributed by atoms with van der Waals surface area (Å²) < 4.78 is 28.0. The number of carbonyl (C=O) groups excluding carboxylic acids is 1. The lowest BCUT2D eigenvalue weighted by Crippen LogP contribution is -2.48. The van der Waals surface area contributed by atoms with Crippen molar-refractivity contribution in [3.8, 4) is 0 Å². The Hall–Kier alpha value is -2.03. The van der Waals surface area contributed by atoms with E-state index in [1.807, 2.05) is 35.2 Å². The van der Waals surface area contributed by atoms with Gasteiger partial charge >= 0.3 is 0 Å². The van der Waals surface area contributed by atoms with E-state index in [4.69, 9.17) is 0 Å². The van der Waals surface area contributed by atoms with Gasteiger partial charge in [-0.3, -0.25) is 9.78 Å². The van der Waals surface area contributed by atoms with Crippen molar-refractivity contribution in [1.29, 1.82) is 0 Å². The molecule has 8 heteroatoms. The molecule has 0 spiro atoms. The molecule has 1 amide bonds. The van der Waals surface area contributed by atoms with Crippen LogP contribution >= 0.6 is 0 Å². The van der Waals surface area contributed by atoms with Crippen LogP contribution < -0.4 is 0 Å². The average molecular weight is 388 g/mol. The van der Waals surface area contributed by atoms with Crippen molar-refractivity contribution in [3.63, 3.8) is 0 Å². The zero-order valence-electron chi connectivity index (χ0n) is 15.6. The van der Waals surface area contributed by atoms with Crippen LogP contribution in [0.4, 0.5) is 0 Å². The smallest absolute Gasteiger partial charge is 0.281 e. The third-order valence-corrected chi connectivity index (χ3v) is 7.44. The van der Waals surface area contributed by atoms with E-state index in [1.165, 1.54) is 8.61 Å². The SMILES string of the molecule is CN(C)S(=O)(=O)N1C[C@H]2CC[C@@H](C1)N(C(=O)c1cnc3ccccc3c1)C2. The minimum atomic E-state index is -3.48. The molecule has 0 aliphatic carbocycles. The van der Waals surface area contributed by atoms with Crippen LogP contribution in [0.3, 0.4) is 0 Å². The van der Waals surface area contributed by atoms with E-state index < -0.39 is 10.2 Å². The van der Waals surface area contributed by atoms with Crippen molar-refractivity contribution in [1.82, 2.24) is 18.5 Å². The topological polar surface area (TPSA) is 73.8 Å². The summed E-state index contributed by atoms with van der Waals surface area (Å²) in [6.45, 7) is 1.41. The van der Waals surface area contributed by atoms with Crippen molar-refractivity contribution in [2.45, 2.75) is 18.9 Å². The Kier molecular flexibility index (Phi) is 4.65. The lowest BCUT2D eigenvalue weighted by molar-refractivity contribution is 0.0588. The molecule has 4 heterocycles. The quantitative estimate of drug-likeness (QED) is 0.800. The first kappa shape index (κ1) is 18.3. The Balaban J connectivity index is 1.61. The highest BCUT2D eigenvalue weighted by Crippen LogP contribution is 2.31. The number of pyridine rings is 1. The molecule has 3 aliphatic rings. The van der Waals surface area contributed by atoms with E-state index >= 15 is 0 Å². The molecule has 0 unspecified atom stereocenters. The number of aromatic nitrogens is 1. The molecule has 144 valence electrons. The van der Waals surface area contributed by atoms with E-state index in [0.717, 1.165) is 23.7 Å². The van der Waals surface area contributed by atoms with E-state index in [0.29, 0.717) is 25.2 Å². The Morgan fingerprint density at radius 2 is 1.93 bits per heavy atom. The number of fused-ring (bicyclic) bond motifs is 5. The zero-order valence-corrected chi connectivity index (χ0v) is 16.4. The molecule has 3 aliphatic heterocycles. The summed E-state index contributed by atoms with van der Waals surface area (Å²) in [6.07, 6.45) is 3.40. The van der Waals surface area contributed by atoms with Gasteiger partial charge in [0.1, 0.15) is 0 Å². The Morgan fingerprint density at radius 3 is 2.70 bits per heavy atom. The lowest BCUT2D eigenvalue weighted by Gasteiger charge is -2.36. The molecule has 3 saturated heterocycles. The maximum atomic E-state index is 13.2. The van der Waals surface area contributed by atoms with Gasteiger partial charge in [0.15, 0.2) is 0 Å². The summed E-state index contributed by atoms with van der Waals surface area (Å²) in [5.41, 5.74) is 1.41. The van der Waals surface area contributed by atoms with Gasteiger partial charge in [0.2, 0.25) is 0 Å². The van der Waals surface area contributed by atoms with Crippen LogP contribution in [0.15, 0.2) is 36.5 Å². The minimum absolute atomic E-state index is 0.0629. The fourth-order valence-electron chi connectivity index (χ4n) is 4.06. The third-order valence-electron chi connectivity index (χ3n) is 5.57. The average Bonchev–Trinajstić information content (AvgIpc) is 2.99. The first-order chi connectivity index (χ1) is 12.9. The largest absolute Gasteiger partial charge is 0.334 e. The van der Waals surface area contributed by atoms with Crippen molar-refractivity contribution in [2.75, 3.05) is 33.7 Å². The Bertz CT molecular complexity index is 976. The van der Waals surface area contributed by atoms with Gasteiger partial charge in [0.25, 0.3) is 16.1 Å². The molecule has 5 rings (SSSR count). The molecule has 7 nitrogen and oxygen atoms in total. The molecular weight excluding hydrogens is 364 g/mol. The van der Waals surface area contributed by atoms with E-state index in [-0.39, 0.29) is 17.9 Å². The second-order valence-electron chi connectivity index (χ2n) is 7.58. The van der Waals surface area contributed by atoms with E-state index in [1.54, 1.807) is 20.3 Å². The normalized spacial score (nSPS) is 23.7. The standard InChI is InChI=1S/C19H24N4O3S/c1-21(2)27(25,26)22-11-14-7-8-17(13-22)23(12-14)19(24)16-9-15-5-3-4-6-18(15)20-10-16/h3-6,9-10,14,17H,7-8,11-13H2,1-2H3/t14-,17+/m1/s1. The molecule has 0 radical (unpaired) electrons. The molecule has 2 atom stereocenters. The number of para-hydroxylation sites is 1. The number of nitrogens with zero attached hydrogens (tertiary/aromatic N) is 4. The zero-order chi connectivity index (χ0) is 19.2. The molecule has 27 heavy (non-hydrogen) atoms. The van der Waals surface area contributed by atoms with Crippen LogP contribution in [-0.2, 0) is 10.2 Å². The summed E-state index contributed by atoms with van der Waals surface area (Å²) in [7, 11) is -0.380. The lowest BCUT2D eigenvalue weighted by atomic mass is 9.94. The summed E-state index contributed by atoms with van der Waals surface area (Å²) >= 11 is 0. The summed E-state index contributed by atoms with van der Waals surface area (Å²) in [6, 6.07) is 9.48. The monoisotopic (exact) mass is 388 g/mol.